The lowest BCUT2D eigenvalue weighted by atomic mass is 9.88. The number of anilines is 1. The van der Waals surface area contributed by atoms with Gasteiger partial charge in [-0.2, -0.15) is 18.3 Å². The number of nitrogens with zero attached hydrogens (tertiary/aromatic N) is 5. The van der Waals surface area contributed by atoms with Gasteiger partial charge in [-0.25, -0.2) is 9.37 Å². The van der Waals surface area contributed by atoms with E-state index in [1.54, 1.807) is 30.2 Å². The summed E-state index contributed by atoms with van der Waals surface area (Å²) >= 11 is 0. The summed E-state index contributed by atoms with van der Waals surface area (Å²) in [5.74, 6) is -0.907. The maximum atomic E-state index is 13.8. The third-order valence-electron chi connectivity index (χ3n) is 7.69. The summed E-state index contributed by atoms with van der Waals surface area (Å²) in [6.07, 6.45) is 4.00. The van der Waals surface area contributed by atoms with Crippen LogP contribution in [0.3, 0.4) is 0 Å². The van der Waals surface area contributed by atoms with Crippen LogP contribution in [0, 0.1) is 5.92 Å². The average Bonchev–Trinajstić information content (AvgIpc) is 3.47. The van der Waals surface area contributed by atoms with Gasteiger partial charge < -0.3 is 9.47 Å². The molecule has 1 aliphatic heterocycles. The highest BCUT2D eigenvalue weighted by Gasteiger charge is 2.37. The number of benzene rings is 1. The molecule has 1 N–H and O–H groups in total. The molecule has 0 spiro atoms. The molecule has 0 bridgehead atoms. The number of pyridine rings is 1. The smallest absolute Gasteiger partial charge is 0.341 e. The molecule has 1 amide bonds. The second-order valence-corrected chi connectivity index (χ2v) is 10.5. The highest BCUT2D eigenvalue weighted by atomic mass is 19.4. The number of hydrogen-bond donors (Lipinski definition) is 1. The third-order valence-corrected chi connectivity index (χ3v) is 7.69. The van der Waals surface area contributed by atoms with E-state index in [4.69, 9.17) is 0 Å². The highest BCUT2D eigenvalue weighted by molar-refractivity contribution is 5.97. The van der Waals surface area contributed by atoms with Crippen LogP contribution in [-0.2, 0) is 4.79 Å². The van der Waals surface area contributed by atoms with Crippen molar-refractivity contribution in [2.45, 2.75) is 51.1 Å². The Balaban J connectivity index is 1.40. The summed E-state index contributed by atoms with van der Waals surface area (Å²) in [5, 5.41) is 6.98. The molecule has 2 fully saturated rings. The van der Waals surface area contributed by atoms with E-state index in [1.165, 1.54) is 24.4 Å². The molecule has 204 valence electrons. The van der Waals surface area contributed by atoms with E-state index in [0.717, 1.165) is 34.9 Å². The zero-order valence-corrected chi connectivity index (χ0v) is 21.5. The van der Waals surface area contributed by atoms with Crippen LogP contribution in [0.5, 0.6) is 0 Å². The maximum Gasteiger partial charge on any atom is 0.482 e. The Hall–Kier alpha value is -3.89. The first-order valence-electron chi connectivity index (χ1n) is 13.0. The van der Waals surface area contributed by atoms with Gasteiger partial charge in [0.15, 0.2) is 0 Å². The van der Waals surface area contributed by atoms with Gasteiger partial charge in [-0.05, 0) is 61.2 Å². The van der Waals surface area contributed by atoms with Gasteiger partial charge in [0.25, 0.3) is 0 Å². The fourth-order valence-electron chi connectivity index (χ4n) is 5.15. The molecule has 2 unspecified atom stereocenters. The molecule has 39 heavy (non-hydrogen) atoms. The van der Waals surface area contributed by atoms with E-state index < -0.39 is 18.4 Å². The predicted octanol–water partition coefficient (Wildman–Crippen LogP) is 6.08. The van der Waals surface area contributed by atoms with Crippen molar-refractivity contribution in [3.05, 3.63) is 60.7 Å². The molecule has 2 atom stereocenters. The van der Waals surface area contributed by atoms with Gasteiger partial charge in [0.1, 0.15) is 11.8 Å². The van der Waals surface area contributed by atoms with Gasteiger partial charge >= 0.3 is 6.30 Å². The first kappa shape index (κ1) is 25.4. The lowest BCUT2D eigenvalue weighted by Crippen LogP contribution is -2.51. The number of hydrogen-bond acceptors (Lipinski definition) is 4. The van der Waals surface area contributed by atoms with Crippen molar-refractivity contribution < 1.29 is 22.4 Å². The van der Waals surface area contributed by atoms with Crippen molar-refractivity contribution in [3.8, 4) is 16.8 Å². The topological polar surface area (TPSA) is 68.0 Å². The minimum Gasteiger partial charge on any atom is -0.341 e. The predicted molar refractivity (Wildman–Crippen MR) is 139 cm³/mol. The Bertz CT molecular complexity index is 1510. The first-order chi connectivity index (χ1) is 18.6. The van der Waals surface area contributed by atoms with E-state index in [2.05, 4.69) is 10.1 Å². The quantitative estimate of drug-likeness (QED) is 0.228. The molecule has 1 saturated heterocycles. The van der Waals surface area contributed by atoms with Crippen LogP contribution in [0.25, 0.3) is 27.8 Å². The molecule has 7 nitrogen and oxygen atoms in total. The summed E-state index contributed by atoms with van der Waals surface area (Å²) in [4.78, 5) is 19.0. The van der Waals surface area contributed by atoms with E-state index >= 15 is 0 Å². The van der Waals surface area contributed by atoms with Crippen LogP contribution >= 0.6 is 0 Å². The van der Waals surface area contributed by atoms with Crippen LogP contribution < -0.4 is 5.32 Å². The number of nitrogens with one attached hydrogen (secondary N) is 1. The Kier molecular flexibility index (Phi) is 6.11. The van der Waals surface area contributed by atoms with Crippen LogP contribution in [0.15, 0.2) is 55.1 Å². The number of carbonyl (C=O) groups excluding carboxylic acids is 1. The summed E-state index contributed by atoms with van der Waals surface area (Å²) in [6.45, 7) is 3.91. The zero-order chi connectivity index (χ0) is 27.5. The summed E-state index contributed by atoms with van der Waals surface area (Å²) < 4.78 is 55.9. The Morgan fingerprint density at radius 3 is 2.44 bits per heavy atom. The van der Waals surface area contributed by atoms with E-state index in [-0.39, 0.29) is 17.5 Å². The van der Waals surface area contributed by atoms with Crippen molar-refractivity contribution in [1.82, 2.24) is 24.2 Å². The normalized spacial score (nSPS) is 17.7. The van der Waals surface area contributed by atoms with Crippen molar-refractivity contribution in [3.63, 3.8) is 0 Å². The van der Waals surface area contributed by atoms with Crippen LogP contribution in [0.1, 0.15) is 44.2 Å². The monoisotopic (exact) mass is 540 g/mol. The fraction of sp³-hybridized carbons (Fsp3) is 0.393. The molecule has 1 aliphatic carbocycles. The highest BCUT2D eigenvalue weighted by Crippen LogP contribution is 2.41. The SMILES string of the molecule is CC(F)C(C)C(=O)N1CC(c2cn(-c3ccc(NC(F)(F)F)cc3)c3nccc(-c4cnn(C5CC5)c4)c23)C1. The molecule has 6 rings (SSSR count). The Morgan fingerprint density at radius 2 is 1.79 bits per heavy atom. The number of carbonyl (C=O) groups is 1. The molecule has 3 aromatic heterocycles. The molecular weight excluding hydrogens is 512 g/mol. The summed E-state index contributed by atoms with van der Waals surface area (Å²) in [5.41, 5.74) is 4.14. The van der Waals surface area contributed by atoms with Gasteiger partial charge in [-0.3, -0.25) is 14.8 Å². The van der Waals surface area contributed by atoms with Gasteiger partial charge in [0, 0.05) is 59.9 Å². The number of amides is 1. The largest absolute Gasteiger partial charge is 0.482 e. The van der Waals surface area contributed by atoms with E-state index in [9.17, 15) is 22.4 Å². The Labute approximate surface area is 222 Å². The van der Waals surface area contributed by atoms with Gasteiger partial charge in [0.2, 0.25) is 5.91 Å². The van der Waals surface area contributed by atoms with Gasteiger partial charge in [-0.15, -0.1) is 0 Å². The molecule has 0 radical (unpaired) electrons. The summed E-state index contributed by atoms with van der Waals surface area (Å²) in [6, 6.07) is 8.34. The van der Waals surface area contributed by atoms with E-state index in [1.807, 2.05) is 33.9 Å². The summed E-state index contributed by atoms with van der Waals surface area (Å²) in [7, 11) is 0. The lowest BCUT2D eigenvalue weighted by molar-refractivity contribution is -0.141. The number of alkyl halides is 4. The fourth-order valence-corrected chi connectivity index (χ4v) is 5.15. The average molecular weight is 541 g/mol. The second kappa shape index (κ2) is 9.39. The third kappa shape index (κ3) is 4.86. The van der Waals surface area contributed by atoms with Gasteiger partial charge in [-0.1, -0.05) is 6.92 Å². The van der Waals surface area contributed by atoms with Crippen molar-refractivity contribution in [2.24, 2.45) is 5.92 Å². The van der Waals surface area contributed by atoms with Crippen LogP contribution in [0.2, 0.25) is 0 Å². The number of halogens is 4. The van der Waals surface area contributed by atoms with E-state index in [0.29, 0.717) is 30.5 Å². The molecule has 2 aliphatic rings. The molecule has 4 aromatic rings. The minimum atomic E-state index is -4.53. The van der Waals surface area contributed by atoms with Crippen molar-refractivity contribution in [2.75, 3.05) is 18.4 Å². The molecular formula is C28H28F4N6O. The molecule has 1 aromatic carbocycles. The number of aromatic nitrogens is 4. The van der Waals surface area contributed by atoms with Gasteiger partial charge in [0.05, 0.1) is 18.2 Å². The zero-order valence-electron chi connectivity index (χ0n) is 21.5. The Morgan fingerprint density at radius 1 is 1.08 bits per heavy atom. The minimum absolute atomic E-state index is 0.00686. The lowest BCUT2D eigenvalue weighted by Gasteiger charge is -2.41. The van der Waals surface area contributed by atoms with Crippen molar-refractivity contribution in [1.29, 1.82) is 0 Å². The first-order valence-corrected chi connectivity index (χ1v) is 13.0. The maximum absolute atomic E-state index is 13.8. The van der Waals surface area contributed by atoms with Crippen LogP contribution in [0.4, 0.5) is 23.2 Å². The van der Waals surface area contributed by atoms with Crippen LogP contribution in [-0.4, -0.2) is 55.7 Å². The number of fused-ring (bicyclic) bond motifs is 1. The number of likely N-dealkylation sites (tertiary alicyclic amines) is 1. The van der Waals surface area contributed by atoms with Crippen molar-refractivity contribution >= 4 is 22.6 Å². The molecule has 4 heterocycles. The standard InChI is InChI=1S/C28H28F4N6O/c1-16(17(2)29)27(39)36-12-19(13-36)24-15-37(21-5-3-20(4-6-21)35-28(30,31)32)26-25(24)23(9-10-33-26)18-11-34-38(14-18)22-7-8-22/h3-6,9-11,14-17,19,22,35H,7-8,12-13H2,1-2H3. The number of rotatable bonds is 7. The molecule has 11 heteroatoms. The second-order valence-electron chi connectivity index (χ2n) is 10.5. The molecule has 1 saturated carbocycles.